The fraction of sp³-hybridized carbons (Fsp3) is 0.333. The van der Waals surface area contributed by atoms with E-state index in [1.165, 1.54) is 0 Å². The molecule has 0 aliphatic carbocycles. The number of carbonyl (C=O) groups excluding carboxylic acids is 2. The maximum atomic E-state index is 12.6. The summed E-state index contributed by atoms with van der Waals surface area (Å²) < 4.78 is 10.7. The van der Waals surface area contributed by atoms with Gasteiger partial charge in [-0.25, -0.2) is 0 Å². The second kappa shape index (κ2) is 10.1. The van der Waals surface area contributed by atoms with E-state index in [0.717, 1.165) is 11.1 Å². The van der Waals surface area contributed by atoms with E-state index in [0.29, 0.717) is 35.2 Å². The average molecular weight is 405 g/mol. The standard InChI is InChI=1S/C21H25ClN2O4/c1-13-11-16(12-14(2)19(13)22)28-15(3)20(25)24-18-8-6-5-7-17(18)21(26)23-9-10-27-4/h5-8,11-12,15H,9-10H2,1-4H3,(H,23,26)(H,24,25)/t15-/m0/s1. The third-order valence-electron chi connectivity index (χ3n) is 4.11. The fourth-order valence-corrected chi connectivity index (χ4v) is 2.73. The van der Waals surface area contributed by atoms with Crippen molar-refractivity contribution in [3.8, 4) is 5.75 Å². The quantitative estimate of drug-likeness (QED) is 0.657. The van der Waals surface area contributed by atoms with Crippen molar-refractivity contribution in [3.05, 3.63) is 58.1 Å². The maximum Gasteiger partial charge on any atom is 0.265 e. The SMILES string of the molecule is COCCNC(=O)c1ccccc1NC(=O)[C@H](C)Oc1cc(C)c(Cl)c(C)c1. The van der Waals surface area contributed by atoms with E-state index in [-0.39, 0.29) is 11.8 Å². The Morgan fingerprint density at radius 3 is 2.43 bits per heavy atom. The largest absolute Gasteiger partial charge is 0.481 e. The van der Waals surface area contributed by atoms with Crippen LogP contribution in [0.2, 0.25) is 5.02 Å². The van der Waals surface area contributed by atoms with Crippen molar-refractivity contribution in [1.29, 1.82) is 0 Å². The van der Waals surface area contributed by atoms with Gasteiger partial charge in [-0.2, -0.15) is 0 Å². The van der Waals surface area contributed by atoms with Crippen molar-refractivity contribution < 1.29 is 19.1 Å². The molecule has 0 bridgehead atoms. The van der Waals surface area contributed by atoms with Crippen LogP contribution in [0.25, 0.3) is 0 Å². The highest BCUT2D eigenvalue weighted by molar-refractivity contribution is 6.32. The molecular weight excluding hydrogens is 380 g/mol. The molecule has 2 rings (SSSR count). The lowest BCUT2D eigenvalue weighted by atomic mass is 10.1. The first-order valence-corrected chi connectivity index (χ1v) is 9.31. The molecule has 6 nitrogen and oxygen atoms in total. The number of para-hydroxylation sites is 1. The molecule has 0 aliphatic rings. The van der Waals surface area contributed by atoms with Gasteiger partial charge in [0.25, 0.3) is 11.8 Å². The molecule has 0 heterocycles. The molecule has 0 saturated carbocycles. The van der Waals surface area contributed by atoms with Gasteiger partial charge < -0.3 is 20.1 Å². The molecular formula is C21H25ClN2O4. The third-order valence-corrected chi connectivity index (χ3v) is 4.71. The number of nitrogens with one attached hydrogen (secondary N) is 2. The minimum absolute atomic E-state index is 0.287. The Kier molecular flexibility index (Phi) is 7.84. The van der Waals surface area contributed by atoms with E-state index in [2.05, 4.69) is 10.6 Å². The molecule has 1 atom stereocenters. The summed E-state index contributed by atoms with van der Waals surface area (Å²) in [6.07, 6.45) is -0.760. The second-order valence-corrected chi connectivity index (χ2v) is 6.79. The van der Waals surface area contributed by atoms with Crippen molar-refractivity contribution in [2.24, 2.45) is 0 Å². The van der Waals surface area contributed by atoms with Crippen LogP contribution >= 0.6 is 11.6 Å². The molecule has 150 valence electrons. The molecule has 2 aromatic rings. The van der Waals surface area contributed by atoms with E-state index in [1.54, 1.807) is 50.4 Å². The maximum absolute atomic E-state index is 12.6. The van der Waals surface area contributed by atoms with Gasteiger partial charge in [0.1, 0.15) is 5.75 Å². The number of halogens is 1. The van der Waals surface area contributed by atoms with E-state index < -0.39 is 6.10 Å². The molecule has 0 aromatic heterocycles. The molecule has 28 heavy (non-hydrogen) atoms. The highest BCUT2D eigenvalue weighted by Crippen LogP contribution is 2.26. The summed E-state index contributed by atoms with van der Waals surface area (Å²) in [6.45, 7) is 6.20. The number of amides is 2. The number of rotatable bonds is 8. The highest BCUT2D eigenvalue weighted by Gasteiger charge is 2.19. The van der Waals surface area contributed by atoms with Crippen LogP contribution in [0.1, 0.15) is 28.4 Å². The molecule has 2 N–H and O–H groups in total. The highest BCUT2D eigenvalue weighted by atomic mass is 35.5. The van der Waals surface area contributed by atoms with E-state index in [1.807, 2.05) is 13.8 Å². The lowest BCUT2D eigenvalue weighted by Crippen LogP contribution is -2.32. The number of carbonyl (C=O) groups is 2. The summed E-state index contributed by atoms with van der Waals surface area (Å²) in [7, 11) is 1.56. The average Bonchev–Trinajstić information content (AvgIpc) is 2.66. The van der Waals surface area contributed by atoms with Gasteiger partial charge in [-0.1, -0.05) is 23.7 Å². The van der Waals surface area contributed by atoms with Crippen LogP contribution in [0.15, 0.2) is 36.4 Å². The zero-order valence-corrected chi connectivity index (χ0v) is 17.2. The number of methoxy groups -OCH3 is 1. The van der Waals surface area contributed by atoms with Gasteiger partial charge in [-0.05, 0) is 56.2 Å². The predicted octanol–water partition coefficient (Wildman–Crippen LogP) is 3.74. The van der Waals surface area contributed by atoms with Crippen molar-refractivity contribution in [3.63, 3.8) is 0 Å². The fourth-order valence-electron chi connectivity index (χ4n) is 2.62. The summed E-state index contributed by atoms with van der Waals surface area (Å²) in [5, 5.41) is 6.18. The first kappa shape index (κ1) is 21.7. The first-order valence-electron chi connectivity index (χ1n) is 8.94. The number of anilines is 1. The Morgan fingerprint density at radius 1 is 1.14 bits per heavy atom. The molecule has 0 saturated heterocycles. The van der Waals surface area contributed by atoms with Crippen molar-refractivity contribution >= 4 is 29.1 Å². The van der Waals surface area contributed by atoms with Crippen LogP contribution in [-0.4, -0.2) is 38.2 Å². The first-order chi connectivity index (χ1) is 13.3. The molecule has 0 radical (unpaired) electrons. The lowest BCUT2D eigenvalue weighted by molar-refractivity contribution is -0.122. The predicted molar refractivity (Wildman–Crippen MR) is 110 cm³/mol. The van der Waals surface area contributed by atoms with Crippen molar-refractivity contribution in [2.75, 3.05) is 25.6 Å². The number of hydrogen-bond acceptors (Lipinski definition) is 4. The number of ether oxygens (including phenoxy) is 2. The summed E-state index contributed by atoms with van der Waals surface area (Å²) in [5.41, 5.74) is 2.54. The molecule has 0 fully saturated rings. The Balaban J connectivity index is 2.07. The Morgan fingerprint density at radius 2 is 1.79 bits per heavy atom. The van der Waals surface area contributed by atoms with Crippen LogP contribution in [0.3, 0.4) is 0 Å². The van der Waals surface area contributed by atoms with Gasteiger partial charge in [-0.3, -0.25) is 9.59 Å². The molecule has 0 unspecified atom stereocenters. The molecule has 0 spiro atoms. The number of benzene rings is 2. The molecule has 0 aliphatic heterocycles. The second-order valence-electron chi connectivity index (χ2n) is 6.41. The third kappa shape index (κ3) is 5.71. The van der Waals surface area contributed by atoms with E-state index in [9.17, 15) is 9.59 Å². The Labute approximate surface area is 170 Å². The summed E-state index contributed by atoms with van der Waals surface area (Å²) in [6, 6.07) is 10.4. The summed E-state index contributed by atoms with van der Waals surface area (Å²) in [4.78, 5) is 24.9. The van der Waals surface area contributed by atoms with E-state index in [4.69, 9.17) is 21.1 Å². The van der Waals surface area contributed by atoms with Gasteiger partial charge in [0.05, 0.1) is 17.9 Å². The topological polar surface area (TPSA) is 76.7 Å². The summed E-state index contributed by atoms with van der Waals surface area (Å²) >= 11 is 6.17. The molecule has 2 amide bonds. The van der Waals surface area contributed by atoms with Gasteiger partial charge in [0.15, 0.2) is 6.10 Å². The van der Waals surface area contributed by atoms with Gasteiger partial charge in [0.2, 0.25) is 0 Å². The number of hydrogen-bond donors (Lipinski definition) is 2. The van der Waals surface area contributed by atoms with Crippen molar-refractivity contribution in [2.45, 2.75) is 26.9 Å². The molecule has 2 aromatic carbocycles. The smallest absolute Gasteiger partial charge is 0.265 e. The minimum atomic E-state index is -0.760. The van der Waals surface area contributed by atoms with Gasteiger partial charge in [-0.15, -0.1) is 0 Å². The van der Waals surface area contributed by atoms with Crippen LogP contribution in [0, 0.1) is 13.8 Å². The monoisotopic (exact) mass is 404 g/mol. The Bertz CT molecular complexity index is 831. The zero-order chi connectivity index (χ0) is 20.7. The normalized spacial score (nSPS) is 11.6. The Hall–Kier alpha value is -2.57. The van der Waals surface area contributed by atoms with E-state index >= 15 is 0 Å². The number of aryl methyl sites for hydroxylation is 2. The zero-order valence-electron chi connectivity index (χ0n) is 16.5. The van der Waals surface area contributed by atoms with Gasteiger partial charge >= 0.3 is 0 Å². The van der Waals surface area contributed by atoms with Crippen LogP contribution in [0.5, 0.6) is 5.75 Å². The van der Waals surface area contributed by atoms with Gasteiger partial charge in [0, 0.05) is 18.7 Å². The minimum Gasteiger partial charge on any atom is -0.481 e. The van der Waals surface area contributed by atoms with Crippen LogP contribution < -0.4 is 15.4 Å². The van der Waals surface area contributed by atoms with Crippen LogP contribution in [0.4, 0.5) is 5.69 Å². The van der Waals surface area contributed by atoms with Crippen LogP contribution in [-0.2, 0) is 9.53 Å². The summed E-state index contributed by atoms with van der Waals surface area (Å²) in [5.74, 6) is -0.0829. The van der Waals surface area contributed by atoms with Crippen molar-refractivity contribution in [1.82, 2.24) is 5.32 Å². The lowest BCUT2D eigenvalue weighted by Gasteiger charge is -2.17. The molecule has 7 heteroatoms.